The Hall–Kier alpha value is -1.89. The highest BCUT2D eigenvalue weighted by molar-refractivity contribution is 6.31. The quantitative estimate of drug-likeness (QED) is 0.432. The maximum absolute atomic E-state index is 12.2. The lowest BCUT2D eigenvalue weighted by Gasteiger charge is -2.40. The average molecular weight is 380 g/mol. The number of carboxylic acids is 1. The normalized spacial score (nSPS) is 13.5. The Bertz CT molecular complexity index is 756. The van der Waals surface area contributed by atoms with Gasteiger partial charge in [-0.3, -0.25) is 9.99 Å². The Morgan fingerprint density at radius 3 is 2.77 bits per heavy atom. The van der Waals surface area contributed by atoms with Crippen molar-refractivity contribution in [1.82, 2.24) is 10.4 Å². The van der Waals surface area contributed by atoms with Crippen LogP contribution < -0.4 is 10.4 Å². The van der Waals surface area contributed by atoms with E-state index in [9.17, 15) is 15.0 Å². The predicted octanol–water partition coefficient (Wildman–Crippen LogP) is 3.62. The number of carboxylic acid groups (broad SMARTS) is 1. The van der Waals surface area contributed by atoms with Crippen molar-refractivity contribution in [1.29, 1.82) is 0 Å². The second-order valence-corrected chi connectivity index (χ2v) is 6.93. The summed E-state index contributed by atoms with van der Waals surface area (Å²) < 4.78 is 0. The van der Waals surface area contributed by atoms with Gasteiger partial charge < -0.3 is 10.2 Å². The van der Waals surface area contributed by atoms with Crippen LogP contribution in [0.2, 0.25) is 5.02 Å². The molecule has 1 aromatic heterocycles. The lowest BCUT2D eigenvalue weighted by molar-refractivity contribution is -0.143. The third kappa shape index (κ3) is 4.44. The number of aliphatic hydroxyl groups is 1. The topological polar surface area (TPSA) is 85.7 Å². The second kappa shape index (κ2) is 9.16. The molecule has 0 aliphatic rings. The van der Waals surface area contributed by atoms with Crippen LogP contribution in [0.1, 0.15) is 39.5 Å². The first-order valence-corrected chi connectivity index (χ1v) is 9.24. The molecule has 2 aromatic rings. The smallest absolute Gasteiger partial charge is 0.330 e. The van der Waals surface area contributed by atoms with Crippen LogP contribution in [0.4, 0.5) is 5.69 Å². The van der Waals surface area contributed by atoms with Crippen LogP contribution in [0.3, 0.4) is 0 Å². The van der Waals surface area contributed by atoms with E-state index in [4.69, 9.17) is 11.6 Å². The fraction of sp³-hybridized carbons (Fsp3) is 0.474. The molecule has 1 heterocycles. The summed E-state index contributed by atoms with van der Waals surface area (Å²) in [6.07, 6.45) is 4.88. The number of benzene rings is 1. The van der Waals surface area contributed by atoms with E-state index >= 15 is 0 Å². The molecule has 1 aromatic carbocycles. The highest BCUT2D eigenvalue weighted by Gasteiger charge is 2.40. The standard InChI is InChI=1S/C19H26ClN3O3/c1-3-4-5-9-19(2,18(25)26)23(22-11-12-24)17-8-10-21-16-13-14(20)6-7-15(16)17/h6-8,10,13,22,24H,3-5,9,11-12H2,1-2H3,(H,25,26). The number of halogens is 1. The van der Waals surface area contributed by atoms with E-state index in [1.54, 1.807) is 36.3 Å². The van der Waals surface area contributed by atoms with E-state index in [1.165, 1.54) is 0 Å². The van der Waals surface area contributed by atoms with Crippen LogP contribution in [0.25, 0.3) is 10.9 Å². The number of nitrogens with zero attached hydrogens (tertiary/aromatic N) is 2. The largest absolute Gasteiger partial charge is 0.479 e. The van der Waals surface area contributed by atoms with Crippen molar-refractivity contribution in [3.05, 3.63) is 35.5 Å². The minimum Gasteiger partial charge on any atom is -0.479 e. The Kier molecular flexibility index (Phi) is 7.20. The summed E-state index contributed by atoms with van der Waals surface area (Å²) in [5, 5.41) is 22.3. The molecule has 142 valence electrons. The number of carbonyl (C=O) groups is 1. The van der Waals surface area contributed by atoms with Crippen molar-refractivity contribution in [3.8, 4) is 0 Å². The van der Waals surface area contributed by atoms with Gasteiger partial charge in [-0.25, -0.2) is 10.2 Å². The summed E-state index contributed by atoms with van der Waals surface area (Å²) in [5.74, 6) is -0.919. The Morgan fingerprint density at radius 2 is 2.12 bits per heavy atom. The summed E-state index contributed by atoms with van der Waals surface area (Å²) >= 11 is 6.06. The van der Waals surface area contributed by atoms with Crippen LogP contribution in [-0.2, 0) is 4.79 Å². The first kappa shape index (κ1) is 20.4. The van der Waals surface area contributed by atoms with E-state index in [0.29, 0.717) is 22.6 Å². The molecule has 0 aliphatic carbocycles. The van der Waals surface area contributed by atoms with Crippen LogP contribution in [0.5, 0.6) is 0 Å². The Labute approximate surface area is 158 Å². The van der Waals surface area contributed by atoms with Gasteiger partial charge in [0, 0.05) is 23.2 Å². The van der Waals surface area contributed by atoms with E-state index in [1.807, 2.05) is 6.07 Å². The van der Waals surface area contributed by atoms with Gasteiger partial charge in [0.1, 0.15) is 0 Å². The number of aliphatic hydroxyl groups excluding tert-OH is 1. The molecule has 0 bridgehead atoms. The Morgan fingerprint density at radius 1 is 1.35 bits per heavy atom. The maximum Gasteiger partial charge on any atom is 0.330 e. The first-order valence-electron chi connectivity index (χ1n) is 8.86. The van der Waals surface area contributed by atoms with Crippen molar-refractivity contribution >= 4 is 34.2 Å². The van der Waals surface area contributed by atoms with E-state index in [2.05, 4.69) is 17.3 Å². The average Bonchev–Trinajstić information content (AvgIpc) is 2.61. The number of hydrogen-bond acceptors (Lipinski definition) is 5. The molecule has 7 heteroatoms. The number of pyridine rings is 1. The molecule has 26 heavy (non-hydrogen) atoms. The van der Waals surface area contributed by atoms with Gasteiger partial charge in [0.2, 0.25) is 0 Å². The summed E-state index contributed by atoms with van der Waals surface area (Å²) in [6.45, 7) is 3.93. The number of nitrogens with one attached hydrogen (secondary N) is 1. The first-order chi connectivity index (χ1) is 12.4. The molecule has 0 saturated heterocycles. The monoisotopic (exact) mass is 379 g/mol. The minimum atomic E-state index is -1.17. The van der Waals surface area contributed by atoms with Crippen molar-refractivity contribution in [3.63, 3.8) is 0 Å². The summed E-state index contributed by atoms with van der Waals surface area (Å²) in [7, 11) is 0. The third-order valence-electron chi connectivity index (χ3n) is 4.53. The van der Waals surface area contributed by atoms with Gasteiger partial charge in [-0.1, -0.05) is 37.8 Å². The third-order valence-corrected chi connectivity index (χ3v) is 4.76. The van der Waals surface area contributed by atoms with Gasteiger partial charge in [0.05, 0.1) is 17.8 Å². The van der Waals surface area contributed by atoms with Gasteiger partial charge in [0.15, 0.2) is 5.54 Å². The van der Waals surface area contributed by atoms with Crippen molar-refractivity contribution in [2.75, 3.05) is 18.2 Å². The fourth-order valence-electron chi connectivity index (χ4n) is 3.02. The second-order valence-electron chi connectivity index (χ2n) is 6.49. The number of rotatable bonds is 10. The molecule has 0 spiro atoms. The van der Waals surface area contributed by atoms with Gasteiger partial charge in [-0.15, -0.1) is 0 Å². The number of anilines is 1. The van der Waals surface area contributed by atoms with Crippen LogP contribution in [-0.4, -0.2) is 39.9 Å². The molecular weight excluding hydrogens is 354 g/mol. The molecule has 0 radical (unpaired) electrons. The molecular formula is C19H26ClN3O3. The van der Waals surface area contributed by atoms with Crippen molar-refractivity contribution in [2.45, 2.75) is 45.1 Å². The SMILES string of the molecule is CCCCCC(C)(C(=O)O)N(NCCO)c1ccnc2cc(Cl)ccc12. The number of unbranched alkanes of at least 4 members (excludes halogenated alkanes) is 2. The summed E-state index contributed by atoms with van der Waals surface area (Å²) in [5.41, 5.74) is 3.30. The number of aromatic nitrogens is 1. The van der Waals surface area contributed by atoms with E-state index in [0.717, 1.165) is 24.6 Å². The maximum atomic E-state index is 12.2. The lowest BCUT2D eigenvalue weighted by Crippen LogP contribution is -2.59. The highest BCUT2D eigenvalue weighted by atomic mass is 35.5. The molecule has 0 saturated carbocycles. The molecule has 0 fully saturated rings. The Balaban J connectivity index is 2.53. The highest BCUT2D eigenvalue weighted by Crippen LogP contribution is 2.33. The number of hydrogen-bond donors (Lipinski definition) is 3. The van der Waals surface area contributed by atoms with Gasteiger partial charge in [0.25, 0.3) is 0 Å². The van der Waals surface area contributed by atoms with Gasteiger partial charge >= 0.3 is 5.97 Å². The predicted molar refractivity (Wildman–Crippen MR) is 105 cm³/mol. The molecule has 0 amide bonds. The molecule has 3 N–H and O–H groups in total. The fourth-order valence-corrected chi connectivity index (χ4v) is 3.19. The zero-order valence-corrected chi connectivity index (χ0v) is 16.0. The number of aliphatic carboxylic acids is 1. The zero-order chi connectivity index (χ0) is 19.2. The molecule has 0 aliphatic heterocycles. The van der Waals surface area contributed by atoms with Gasteiger partial charge in [-0.05, 0) is 37.6 Å². The van der Waals surface area contributed by atoms with E-state index < -0.39 is 11.5 Å². The van der Waals surface area contributed by atoms with Crippen LogP contribution in [0.15, 0.2) is 30.5 Å². The lowest BCUT2D eigenvalue weighted by atomic mass is 9.92. The summed E-state index contributed by atoms with van der Waals surface area (Å²) in [4.78, 5) is 16.5. The van der Waals surface area contributed by atoms with Crippen LogP contribution in [0, 0.1) is 0 Å². The van der Waals surface area contributed by atoms with Crippen molar-refractivity contribution < 1.29 is 15.0 Å². The van der Waals surface area contributed by atoms with E-state index in [-0.39, 0.29) is 13.2 Å². The van der Waals surface area contributed by atoms with Gasteiger partial charge in [-0.2, -0.15) is 0 Å². The molecule has 2 rings (SSSR count). The molecule has 1 unspecified atom stereocenters. The summed E-state index contributed by atoms with van der Waals surface area (Å²) in [6, 6.07) is 7.12. The molecule has 1 atom stereocenters. The van der Waals surface area contributed by atoms with Crippen molar-refractivity contribution in [2.24, 2.45) is 0 Å². The number of fused-ring (bicyclic) bond motifs is 1. The minimum absolute atomic E-state index is 0.101. The molecule has 6 nitrogen and oxygen atoms in total. The zero-order valence-electron chi connectivity index (χ0n) is 15.2. The van der Waals surface area contributed by atoms with Crippen LogP contribution >= 0.6 is 11.6 Å². The number of hydrazine groups is 1.